The lowest BCUT2D eigenvalue weighted by Gasteiger charge is -2.32. The van der Waals surface area contributed by atoms with Crippen molar-refractivity contribution in [2.45, 2.75) is 45.8 Å². The Balaban J connectivity index is 1.48. The zero-order chi connectivity index (χ0) is 21.4. The molecule has 3 heterocycles. The van der Waals surface area contributed by atoms with E-state index in [9.17, 15) is 13.6 Å². The van der Waals surface area contributed by atoms with Crippen LogP contribution in [0.5, 0.6) is 5.75 Å². The van der Waals surface area contributed by atoms with E-state index in [2.05, 4.69) is 10.1 Å². The third-order valence-electron chi connectivity index (χ3n) is 5.33. The summed E-state index contributed by atoms with van der Waals surface area (Å²) >= 11 is 0. The van der Waals surface area contributed by atoms with Gasteiger partial charge in [-0.05, 0) is 39.0 Å². The van der Waals surface area contributed by atoms with E-state index in [0.29, 0.717) is 37.1 Å². The number of piperidine rings is 1. The van der Waals surface area contributed by atoms with Crippen molar-refractivity contribution in [3.63, 3.8) is 0 Å². The average molecular weight is 414 g/mol. The van der Waals surface area contributed by atoms with Gasteiger partial charge in [0.25, 0.3) is 5.91 Å². The number of hydrogen-bond acceptors (Lipinski definition) is 4. The van der Waals surface area contributed by atoms with E-state index in [0.717, 1.165) is 17.1 Å². The normalized spacial score (nSPS) is 15.2. The molecule has 158 valence electrons. The molecule has 8 heteroatoms. The predicted octanol–water partition coefficient (Wildman–Crippen LogP) is 4.28. The largest absolute Gasteiger partial charge is 0.487 e. The van der Waals surface area contributed by atoms with E-state index >= 15 is 0 Å². The summed E-state index contributed by atoms with van der Waals surface area (Å²) in [5, 5.41) is 5.14. The zero-order valence-corrected chi connectivity index (χ0v) is 17.2. The quantitative estimate of drug-likeness (QED) is 0.639. The van der Waals surface area contributed by atoms with E-state index in [4.69, 9.17) is 4.74 Å². The number of likely N-dealkylation sites (tertiary alicyclic amines) is 1. The van der Waals surface area contributed by atoms with E-state index in [-0.39, 0.29) is 23.8 Å². The number of nitrogens with zero attached hydrogens (tertiary/aromatic N) is 4. The summed E-state index contributed by atoms with van der Waals surface area (Å²) in [6, 6.07) is 5.21. The Labute approximate surface area is 173 Å². The van der Waals surface area contributed by atoms with Crippen LogP contribution in [0.3, 0.4) is 0 Å². The Morgan fingerprint density at radius 3 is 2.60 bits per heavy atom. The van der Waals surface area contributed by atoms with Gasteiger partial charge in [-0.1, -0.05) is 0 Å². The summed E-state index contributed by atoms with van der Waals surface area (Å²) in [7, 11) is 0. The first-order chi connectivity index (χ1) is 14.3. The van der Waals surface area contributed by atoms with Gasteiger partial charge in [0.15, 0.2) is 17.2 Å². The van der Waals surface area contributed by atoms with Crippen molar-refractivity contribution >= 4 is 16.9 Å². The van der Waals surface area contributed by atoms with Crippen LogP contribution in [0, 0.1) is 18.6 Å². The average Bonchev–Trinajstić information content (AvgIpc) is 3.13. The molecule has 2 aromatic heterocycles. The van der Waals surface area contributed by atoms with Gasteiger partial charge in [0.1, 0.15) is 11.9 Å². The molecule has 0 atom stereocenters. The molecular weight excluding hydrogens is 390 g/mol. The number of aromatic nitrogens is 3. The lowest BCUT2D eigenvalue weighted by atomic mass is 10.0. The lowest BCUT2D eigenvalue weighted by molar-refractivity contribution is 0.0590. The maximum Gasteiger partial charge on any atom is 0.254 e. The first-order valence-corrected chi connectivity index (χ1v) is 10.1. The Hall–Kier alpha value is -3.03. The maximum absolute atomic E-state index is 13.8. The number of aryl methyl sites for hydroxylation is 1. The number of halogens is 2. The molecule has 1 amide bonds. The highest BCUT2D eigenvalue weighted by atomic mass is 19.1. The van der Waals surface area contributed by atoms with Crippen LogP contribution in [0.25, 0.3) is 11.0 Å². The number of hydrogen-bond donors (Lipinski definition) is 0. The molecule has 0 bridgehead atoms. The number of rotatable bonds is 4. The fourth-order valence-electron chi connectivity index (χ4n) is 3.80. The first-order valence-electron chi connectivity index (χ1n) is 10.1. The highest BCUT2D eigenvalue weighted by Gasteiger charge is 2.27. The van der Waals surface area contributed by atoms with Gasteiger partial charge in [0.05, 0.1) is 17.1 Å². The third-order valence-corrected chi connectivity index (χ3v) is 5.33. The second-order valence-electron chi connectivity index (χ2n) is 7.92. The fraction of sp³-hybridized carbons (Fsp3) is 0.409. The third kappa shape index (κ3) is 3.86. The van der Waals surface area contributed by atoms with Crippen molar-refractivity contribution in [1.82, 2.24) is 19.7 Å². The summed E-state index contributed by atoms with van der Waals surface area (Å²) in [6.45, 7) is 6.89. The second-order valence-corrected chi connectivity index (χ2v) is 7.92. The molecule has 3 aromatic rings. The van der Waals surface area contributed by atoms with Crippen molar-refractivity contribution < 1.29 is 18.3 Å². The Morgan fingerprint density at radius 1 is 1.20 bits per heavy atom. The number of carbonyl (C=O) groups is 1. The number of pyridine rings is 1. The topological polar surface area (TPSA) is 60.3 Å². The van der Waals surface area contributed by atoms with Gasteiger partial charge < -0.3 is 9.64 Å². The summed E-state index contributed by atoms with van der Waals surface area (Å²) in [5.74, 6) is -1.39. The minimum atomic E-state index is -0.717. The van der Waals surface area contributed by atoms with Crippen LogP contribution in [0.1, 0.15) is 48.8 Å². The molecule has 4 rings (SSSR count). The molecule has 0 unspecified atom stereocenters. The summed E-state index contributed by atoms with van der Waals surface area (Å²) < 4.78 is 34.4. The molecule has 6 nitrogen and oxygen atoms in total. The van der Waals surface area contributed by atoms with Crippen LogP contribution < -0.4 is 4.74 Å². The predicted molar refractivity (Wildman–Crippen MR) is 109 cm³/mol. The molecule has 1 aliphatic rings. The van der Waals surface area contributed by atoms with Crippen LogP contribution in [-0.4, -0.2) is 44.8 Å². The van der Waals surface area contributed by atoms with Crippen LogP contribution in [0.4, 0.5) is 8.78 Å². The fourth-order valence-corrected chi connectivity index (χ4v) is 3.80. The summed E-state index contributed by atoms with van der Waals surface area (Å²) in [4.78, 5) is 19.6. The summed E-state index contributed by atoms with van der Waals surface area (Å²) in [5.41, 5.74) is 2.06. The minimum absolute atomic E-state index is 0.0359. The molecule has 1 fully saturated rings. The van der Waals surface area contributed by atoms with Gasteiger partial charge in [-0.3, -0.25) is 4.79 Å². The van der Waals surface area contributed by atoms with Gasteiger partial charge in [-0.25, -0.2) is 18.4 Å². The standard InChI is InChI=1S/C22H24F2N4O2/c1-13(2)28-21-18(12-25-28)17(10-14(3)26-21)22(29)27-8-6-16(7-9-27)30-20-5-4-15(23)11-19(20)24/h4-5,10-13,16H,6-9H2,1-3H3. The van der Waals surface area contributed by atoms with Gasteiger partial charge in [-0.15, -0.1) is 0 Å². The van der Waals surface area contributed by atoms with Crippen molar-refractivity contribution in [3.05, 3.63) is 53.4 Å². The number of benzene rings is 1. The van der Waals surface area contributed by atoms with Crippen molar-refractivity contribution in [3.8, 4) is 5.75 Å². The molecule has 1 aliphatic heterocycles. The minimum Gasteiger partial charge on any atom is -0.487 e. The Kier molecular flexibility index (Phi) is 5.40. The molecule has 0 saturated carbocycles. The van der Waals surface area contributed by atoms with Crippen molar-refractivity contribution in [2.24, 2.45) is 0 Å². The highest BCUT2D eigenvalue weighted by molar-refractivity contribution is 6.05. The van der Waals surface area contributed by atoms with Crippen molar-refractivity contribution in [2.75, 3.05) is 13.1 Å². The van der Waals surface area contributed by atoms with E-state index in [1.807, 2.05) is 25.5 Å². The summed E-state index contributed by atoms with van der Waals surface area (Å²) in [6.07, 6.45) is 2.61. The van der Waals surface area contributed by atoms with Crippen molar-refractivity contribution in [1.29, 1.82) is 0 Å². The smallest absolute Gasteiger partial charge is 0.254 e. The van der Waals surface area contributed by atoms with Crippen LogP contribution in [0.2, 0.25) is 0 Å². The molecule has 0 N–H and O–H groups in total. The van der Waals surface area contributed by atoms with E-state index in [1.54, 1.807) is 17.2 Å². The second kappa shape index (κ2) is 8.01. The molecule has 0 aliphatic carbocycles. The maximum atomic E-state index is 13.8. The molecule has 30 heavy (non-hydrogen) atoms. The highest BCUT2D eigenvalue weighted by Crippen LogP contribution is 2.26. The van der Waals surface area contributed by atoms with Gasteiger partial charge in [0, 0.05) is 43.7 Å². The first kappa shape index (κ1) is 20.3. The zero-order valence-electron chi connectivity index (χ0n) is 17.2. The Morgan fingerprint density at radius 2 is 1.93 bits per heavy atom. The molecule has 0 radical (unpaired) electrons. The molecule has 0 spiro atoms. The number of fused-ring (bicyclic) bond motifs is 1. The van der Waals surface area contributed by atoms with Crippen LogP contribution >= 0.6 is 0 Å². The SMILES string of the molecule is Cc1cc(C(=O)N2CCC(Oc3ccc(F)cc3F)CC2)c2cnn(C(C)C)c2n1. The number of carbonyl (C=O) groups excluding carboxylic acids is 1. The van der Waals surface area contributed by atoms with Gasteiger partial charge >= 0.3 is 0 Å². The van der Waals surface area contributed by atoms with E-state index in [1.165, 1.54) is 12.1 Å². The van der Waals surface area contributed by atoms with Crippen LogP contribution in [-0.2, 0) is 0 Å². The van der Waals surface area contributed by atoms with Crippen LogP contribution in [0.15, 0.2) is 30.5 Å². The Bertz CT molecular complexity index is 1090. The molecule has 1 saturated heterocycles. The van der Waals surface area contributed by atoms with E-state index < -0.39 is 11.6 Å². The number of ether oxygens (including phenoxy) is 1. The molecule has 1 aromatic carbocycles. The lowest BCUT2D eigenvalue weighted by Crippen LogP contribution is -2.42. The number of amides is 1. The van der Waals surface area contributed by atoms with Gasteiger partial charge in [0.2, 0.25) is 0 Å². The molecular formula is C22H24F2N4O2. The van der Waals surface area contributed by atoms with Gasteiger partial charge in [-0.2, -0.15) is 5.10 Å². The monoisotopic (exact) mass is 414 g/mol.